The molecule has 0 heterocycles. The molecule has 214 valence electrons. The normalized spacial score (nSPS) is 18.1. The van der Waals surface area contributed by atoms with Gasteiger partial charge in [-0.15, -0.1) is 0 Å². The van der Waals surface area contributed by atoms with Crippen molar-refractivity contribution in [3.05, 3.63) is 95.6 Å². The Labute approximate surface area is 245 Å². The van der Waals surface area contributed by atoms with Crippen molar-refractivity contribution < 1.29 is 14.3 Å². The standard InChI is InChI=1S/C36H42N2O3/c1-4-5-7-10-27-13-19-32(20-14-27)35(39)38(3)26(2)34(31-11-8-6-9-12-31)41-36(40)33-23-21-30(22-24-33)29-17-15-28(25-37)16-18-29/h6,8-9,11-12,15-18,21-24,26-27,32,34H,4-5,7,10,13-14,19-20H2,1-3H3/t26-,27?,32?,34+/m1/s1. The van der Waals surface area contributed by atoms with Gasteiger partial charge in [0, 0.05) is 13.0 Å². The molecule has 0 N–H and O–H groups in total. The van der Waals surface area contributed by atoms with Gasteiger partial charge in [0.2, 0.25) is 5.91 Å². The lowest BCUT2D eigenvalue weighted by Gasteiger charge is -2.36. The highest BCUT2D eigenvalue weighted by Gasteiger charge is 2.34. The van der Waals surface area contributed by atoms with Gasteiger partial charge in [-0.3, -0.25) is 4.79 Å². The zero-order valence-electron chi connectivity index (χ0n) is 24.6. The van der Waals surface area contributed by atoms with Gasteiger partial charge in [-0.05, 0) is 79.5 Å². The van der Waals surface area contributed by atoms with Crippen LogP contribution in [0.3, 0.4) is 0 Å². The van der Waals surface area contributed by atoms with Crippen LogP contribution >= 0.6 is 0 Å². The summed E-state index contributed by atoms with van der Waals surface area (Å²) < 4.78 is 6.12. The Kier molecular flexibility index (Phi) is 10.7. The fraction of sp³-hybridized carbons (Fsp3) is 0.417. The Balaban J connectivity index is 1.43. The first-order chi connectivity index (χ1) is 19.9. The Morgan fingerprint density at radius 3 is 2.10 bits per heavy atom. The highest BCUT2D eigenvalue weighted by molar-refractivity contribution is 5.90. The topological polar surface area (TPSA) is 70.4 Å². The van der Waals surface area contributed by atoms with Gasteiger partial charge in [-0.25, -0.2) is 4.79 Å². The largest absolute Gasteiger partial charge is 0.452 e. The van der Waals surface area contributed by atoms with Gasteiger partial charge in [0.1, 0.15) is 6.10 Å². The van der Waals surface area contributed by atoms with Crippen LogP contribution in [0, 0.1) is 23.2 Å². The van der Waals surface area contributed by atoms with Crippen molar-refractivity contribution in [2.75, 3.05) is 7.05 Å². The molecular formula is C36H42N2O3. The van der Waals surface area contributed by atoms with E-state index in [1.165, 1.54) is 25.7 Å². The third kappa shape index (κ3) is 7.85. The lowest BCUT2D eigenvalue weighted by Crippen LogP contribution is -2.44. The first-order valence-electron chi connectivity index (χ1n) is 15.0. The van der Waals surface area contributed by atoms with E-state index in [1.807, 2.05) is 68.6 Å². The summed E-state index contributed by atoms with van der Waals surface area (Å²) in [7, 11) is 1.84. The lowest BCUT2D eigenvalue weighted by molar-refractivity contribution is -0.139. The summed E-state index contributed by atoms with van der Waals surface area (Å²) in [5, 5.41) is 9.04. The molecule has 0 saturated heterocycles. The Morgan fingerprint density at radius 1 is 0.902 bits per heavy atom. The summed E-state index contributed by atoms with van der Waals surface area (Å²) in [5.74, 6) is 0.500. The van der Waals surface area contributed by atoms with Crippen LogP contribution in [0.15, 0.2) is 78.9 Å². The van der Waals surface area contributed by atoms with Gasteiger partial charge in [0.05, 0.1) is 23.2 Å². The van der Waals surface area contributed by atoms with Gasteiger partial charge in [-0.2, -0.15) is 5.26 Å². The Bertz CT molecular complexity index is 1300. The number of ether oxygens (including phenoxy) is 1. The fourth-order valence-electron chi connectivity index (χ4n) is 5.88. The predicted octanol–water partition coefficient (Wildman–Crippen LogP) is 8.36. The maximum absolute atomic E-state index is 13.6. The molecule has 5 heteroatoms. The number of nitriles is 1. The number of unbranched alkanes of at least 4 members (excludes halogenated alkanes) is 2. The molecule has 0 aromatic heterocycles. The minimum atomic E-state index is -0.596. The Hall–Kier alpha value is -3.91. The zero-order valence-corrected chi connectivity index (χ0v) is 24.6. The first kappa shape index (κ1) is 30.1. The third-order valence-corrected chi connectivity index (χ3v) is 8.64. The molecule has 5 nitrogen and oxygen atoms in total. The molecule has 4 rings (SSSR count). The van der Waals surface area contributed by atoms with E-state index in [1.54, 1.807) is 29.2 Å². The molecule has 1 fully saturated rings. The summed E-state index contributed by atoms with van der Waals surface area (Å²) in [6, 6.07) is 26.1. The second-order valence-electron chi connectivity index (χ2n) is 11.4. The van der Waals surface area contributed by atoms with Gasteiger partial charge < -0.3 is 9.64 Å². The number of hydrogen-bond acceptors (Lipinski definition) is 4. The van der Waals surface area contributed by atoms with Crippen molar-refractivity contribution in [1.29, 1.82) is 5.26 Å². The number of benzene rings is 3. The van der Waals surface area contributed by atoms with Crippen molar-refractivity contribution in [2.45, 2.75) is 77.4 Å². The van der Waals surface area contributed by atoms with Crippen LogP contribution in [0.2, 0.25) is 0 Å². The first-order valence-corrected chi connectivity index (χ1v) is 15.0. The zero-order chi connectivity index (χ0) is 29.2. The van der Waals surface area contributed by atoms with E-state index in [0.29, 0.717) is 11.1 Å². The monoisotopic (exact) mass is 550 g/mol. The molecule has 1 aliphatic carbocycles. The minimum Gasteiger partial charge on any atom is -0.452 e. The second-order valence-corrected chi connectivity index (χ2v) is 11.4. The molecule has 0 spiro atoms. The highest BCUT2D eigenvalue weighted by Crippen LogP contribution is 2.34. The average molecular weight is 551 g/mol. The molecule has 1 aliphatic rings. The van der Waals surface area contributed by atoms with E-state index in [9.17, 15) is 9.59 Å². The van der Waals surface area contributed by atoms with Gasteiger partial charge in [-0.1, -0.05) is 87.2 Å². The van der Waals surface area contributed by atoms with E-state index in [0.717, 1.165) is 48.3 Å². The number of carbonyl (C=O) groups is 2. The summed E-state index contributed by atoms with van der Waals surface area (Å²) in [6.45, 7) is 4.20. The van der Waals surface area contributed by atoms with Crippen LogP contribution in [0.4, 0.5) is 0 Å². The molecule has 3 aromatic carbocycles. The Morgan fingerprint density at radius 2 is 1.51 bits per heavy atom. The summed E-state index contributed by atoms with van der Waals surface area (Å²) in [6.07, 6.45) is 8.63. The molecular weight excluding hydrogens is 508 g/mol. The van der Waals surface area contributed by atoms with Crippen LogP contribution in [0.5, 0.6) is 0 Å². The highest BCUT2D eigenvalue weighted by atomic mass is 16.5. The van der Waals surface area contributed by atoms with Crippen molar-refractivity contribution in [2.24, 2.45) is 11.8 Å². The lowest BCUT2D eigenvalue weighted by atomic mass is 9.79. The number of nitrogens with zero attached hydrogens (tertiary/aromatic N) is 2. The van der Waals surface area contributed by atoms with Crippen LogP contribution in [-0.2, 0) is 9.53 Å². The van der Waals surface area contributed by atoms with Crippen LogP contribution < -0.4 is 0 Å². The number of likely N-dealkylation sites (N-methyl/N-ethyl adjacent to an activating group) is 1. The average Bonchev–Trinajstić information content (AvgIpc) is 3.03. The molecule has 0 radical (unpaired) electrons. The van der Waals surface area contributed by atoms with Crippen LogP contribution in [0.25, 0.3) is 11.1 Å². The SMILES string of the molecule is CCCCCC1CCC(C(=O)N(C)[C@H](C)[C@H](OC(=O)c2ccc(-c3ccc(C#N)cc3)cc2)c2ccccc2)CC1. The minimum absolute atomic E-state index is 0.0340. The molecule has 1 saturated carbocycles. The van der Waals surface area contributed by atoms with Crippen molar-refractivity contribution in [3.63, 3.8) is 0 Å². The summed E-state index contributed by atoms with van der Waals surface area (Å²) in [4.78, 5) is 28.7. The molecule has 41 heavy (non-hydrogen) atoms. The fourth-order valence-corrected chi connectivity index (χ4v) is 5.88. The van der Waals surface area contributed by atoms with Gasteiger partial charge >= 0.3 is 5.97 Å². The van der Waals surface area contributed by atoms with Gasteiger partial charge in [0.25, 0.3) is 0 Å². The smallest absolute Gasteiger partial charge is 0.338 e. The van der Waals surface area contributed by atoms with E-state index >= 15 is 0 Å². The maximum atomic E-state index is 13.6. The van der Waals surface area contributed by atoms with E-state index in [4.69, 9.17) is 10.00 Å². The van der Waals surface area contributed by atoms with E-state index < -0.39 is 12.1 Å². The van der Waals surface area contributed by atoms with Crippen LogP contribution in [0.1, 0.15) is 92.8 Å². The van der Waals surface area contributed by atoms with Crippen LogP contribution in [-0.4, -0.2) is 29.9 Å². The number of hydrogen-bond donors (Lipinski definition) is 0. The quantitative estimate of drug-likeness (QED) is 0.178. The van der Waals surface area contributed by atoms with Crippen molar-refractivity contribution >= 4 is 11.9 Å². The summed E-state index contributed by atoms with van der Waals surface area (Å²) >= 11 is 0. The maximum Gasteiger partial charge on any atom is 0.338 e. The number of amides is 1. The van der Waals surface area contributed by atoms with Crippen molar-refractivity contribution in [3.8, 4) is 17.2 Å². The molecule has 2 atom stereocenters. The molecule has 3 aromatic rings. The number of esters is 1. The molecule has 0 aliphatic heterocycles. The molecule has 0 bridgehead atoms. The summed E-state index contributed by atoms with van der Waals surface area (Å²) in [5.41, 5.74) is 3.83. The van der Waals surface area contributed by atoms with E-state index in [2.05, 4.69) is 13.0 Å². The molecule has 1 amide bonds. The molecule has 0 unspecified atom stereocenters. The number of rotatable bonds is 11. The number of carbonyl (C=O) groups excluding carboxylic acids is 2. The third-order valence-electron chi connectivity index (χ3n) is 8.64. The van der Waals surface area contributed by atoms with E-state index in [-0.39, 0.29) is 17.9 Å². The van der Waals surface area contributed by atoms with Crippen molar-refractivity contribution in [1.82, 2.24) is 4.90 Å². The van der Waals surface area contributed by atoms with Gasteiger partial charge in [0.15, 0.2) is 0 Å². The predicted molar refractivity (Wildman–Crippen MR) is 163 cm³/mol. The second kappa shape index (κ2) is 14.6.